The highest BCUT2D eigenvalue weighted by atomic mass is 127. The van der Waals surface area contributed by atoms with E-state index < -0.39 is 54.1 Å². The molecule has 0 atom stereocenters. The van der Waals surface area contributed by atoms with Gasteiger partial charge in [-0.2, -0.15) is 13.1 Å². The number of anilines is 5. The van der Waals surface area contributed by atoms with Crippen LogP contribution >= 0.6 is 22.6 Å². The molecule has 0 aliphatic rings. The van der Waals surface area contributed by atoms with Crippen molar-refractivity contribution in [1.82, 2.24) is 15.0 Å². The van der Waals surface area contributed by atoms with Gasteiger partial charge in [0.2, 0.25) is 6.08 Å². The largest absolute Gasteiger partial charge is 0.399 e. The number of pyridine rings is 3. The monoisotopic (exact) mass is 1600 g/mol. The second-order valence-corrected chi connectivity index (χ2v) is 31.1. The Hall–Kier alpha value is -10.6. The summed E-state index contributed by atoms with van der Waals surface area (Å²) in [6.45, 7) is 10.0. The maximum Gasteiger partial charge on any atom is 0.286 e. The van der Waals surface area contributed by atoms with Gasteiger partial charge in [0.05, 0.1) is 69.1 Å². The molecule has 6 aromatic rings. The summed E-state index contributed by atoms with van der Waals surface area (Å²) in [7, 11) is -8.78. The molecule has 0 spiro atoms. The summed E-state index contributed by atoms with van der Waals surface area (Å²) in [5.41, 5.74) is 33.8. The van der Waals surface area contributed by atoms with Crippen molar-refractivity contribution in [2.75, 3.05) is 77.4 Å². The van der Waals surface area contributed by atoms with E-state index >= 15 is 0 Å². The van der Waals surface area contributed by atoms with E-state index in [1.807, 2.05) is 53.8 Å². The van der Waals surface area contributed by atoms with Crippen molar-refractivity contribution in [3.8, 4) is 36.0 Å². The molecule has 0 unspecified atom stereocenters. The zero-order chi connectivity index (χ0) is 79.5. The fourth-order valence-electron chi connectivity index (χ4n) is 7.44. The molecule has 0 radical (unpaired) electrons. The first-order valence-corrected chi connectivity index (χ1v) is 37.8. The molecule has 104 heavy (non-hydrogen) atoms. The van der Waals surface area contributed by atoms with Crippen molar-refractivity contribution in [3.63, 3.8) is 0 Å². The lowest BCUT2D eigenvalue weighted by atomic mass is 10.1. The van der Waals surface area contributed by atoms with Gasteiger partial charge in [-0.3, -0.25) is 52.3 Å². The predicted molar refractivity (Wildman–Crippen MR) is 412 cm³/mol. The maximum absolute atomic E-state index is 13.2. The minimum atomic E-state index is -3.10. The summed E-state index contributed by atoms with van der Waals surface area (Å²) in [5, 5.41) is 0. The van der Waals surface area contributed by atoms with Crippen LogP contribution in [-0.2, 0) is 74.0 Å². The predicted octanol–water partition coefficient (Wildman–Crippen LogP) is 8.99. The number of hydrogen-bond donors (Lipinski definition) is 5. The number of benzene rings is 3. The van der Waals surface area contributed by atoms with Crippen LogP contribution in [0, 0.1) is 39.6 Å². The van der Waals surface area contributed by atoms with E-state index in [2.05, 4.69) is 62.6 Å². The smallest absolute Gasteiger partial charge is 0.286 e. The van der Waals surface area contributed by atoms with E-state index in [4.69, 9.17) is 41.3 Å². The third-order valence-corrected chi connectivity index (χ3v) is 20.8. The third kappa shape index (κ3) is 37.9. The lowest BCUT2D eigenvalue weighted by Gasteiger charge is -2.08. The molecule has 3 aromatic carbocycles. The minimum absolute atomic E-state index is 0.00434. The number of isocyanates is 1. The Morgan fingerprint density at radius 3 is 1.04 bits per heavy atom. The number of halogens is 2. The number of ketones is 7. The number of alkyl halides is 1. The first-order valence-electron chi connectivity index (χ1n) is 31.9. The van der Waals surface area contributed by atoms with Crippen LogP contribution in [0.2, 0.25) is 0 Å². The molecule has 552 valence electrons. The van der Waals surface area contributed by atoms with Crippen LogP contribution in [-0.4, -0.2) is 141 Å². The number of nitrogens with two attached hydrogens (primary N) is 5. The summed E-state index contributed by atoms with van der Waals surface area (Å²) < 4.78 is 66.7. The van der Waals surface area contributed by atoms with Crippen LogP contribution in [0.25, 0.3) is 0 Å². The van der Waals surface area contributed by atoms with Gasteiger partial charge in [0.15, 0.2) is 0 Å². The Balaban J connectivity index is 0.000000719. The van der Waals surface area contributed by atoms with Gasteiger partial charge in [-0.05, 0) is 149 Å². The number of Topliss-reactive ketones (excluding diaryl/α,β-unsaturated/α-hetero) is 7. The highest BCUT2D eigenvalue weighted by molar-refractivity contribution is 14.1. The molecule has 3 amide bonds. The fourth-order valence-corrected chi connectivity index (χ4v) is 13.9. The van der Waals surface area contributed by atoms with Crippen molar-refractivity contribution >= 4 is 145 Å². The molecule has 6 rings (SSSR count). The number of amides is 3. The van der Waals surface area contributed by atoms with Gasteiger partial charge >= 0.3 is 0 Å². The molecule has 0 bridgehead atoms. The molecule has 0 aliphatic carbocycles. The highest BCUT2D eigenvalue weighted by Gasteiger charge is 2.21. The topological polar surface area (TPSA) is 457 Å². The molecule has 0 saturated carbocycles. The number of aromatic nitrogens is 3. The maximum atomic E-state index is 13.2. The zero-order valence-corrected chi connectivity index (χ0v) is 63.4. The summed E-state index contributed by atoms with van der Waals surface area (Å²) in [6, 6.07) is 25.7. The second-order valence-electron chi connectivity index (χ2n) is 22.3. The number of rotatable bonds is 24. The first kappa shape index (κ1) is 89.5. The van der Waals surface area contributed by atoms with Crippen LogP contribution < -0.4 is 28.7 Å². The zero-order valence-electron chi connectivity index (χ0n) is 59.8. The molecule has 26 nitrogen and oxygen atoms in total. The van der Waals surface area contributed by atoms with Gasteiger partial charge in [0.1, 0.15) is 57.9 Å². The van der Waals surface area contributed by atoms with Gasteiger partial charge in [-0.25, -0.2) is 37.4 Å². The Labute approximate surface area is 621 Å². The molecule has 0 saturated heterocycles. The van der Waals surface area contributed by atoms with Crippen molar-refractivity contribution in [2.24, 2.45) is 18.1 Å². The molecule has 0 aliphatic heterocycles. The van der Waals surface area contributed by atoms with E-state index in [-0.39, 0.29) is 148 Å². The van der Waals surface area contributed by atoms with Crippen molar-refractivity contribution < 1.29 is 71.1 Å². The summed E-state index contributed by atoms with van der Waals surface area (Å²) in [6.07, 6.45) is 11.1. The number of nitrogen functional groups attached to an aromatic ring is 5. The highest BCUT2D eigenvalue weighted by Crippen LogP contribution is 2.19. The molecular formula is C73H84FIN12O14S3. The summed E-state index contributed by atoms with van der Waals surface area (Å²) in [4.78, 5) is 140. The molecule has 0 fully saturated rings. The third-order valence-electron chi connectivity index (χ3n) is 13.3. The van der Waals surface area contributed by atoms with Crippen LogP contribution in [0.5, 0.6) is 0 Å². The van der Waals surface area contributed by atoms with Gasteiger partial charge in [0.25, 0.3) is 17.7 Å². The summed E-state index contributed by atoms with van der Waals surface area (Å²) in [5.74, 6) is 11.1. The molecule has 31 heteroatoms. The molecule has 3 heterocycles. The Kier molecular flexibility index (Phi) is 40.9. The fraction of sp³-hybridized carbons (Fsp3) is 0.315. The summed E-state index contributed by atoms with van der Waals surface area (Å²) >= 11 is 1.93. The van der Waals surface area contributed by atoms with E-state index in [0.29, 0.717) is 44.4 Å². The van der Waals surface area contributed by atoms with Gasteiger partial charge in [-0.1, -0.05) is 48.7 Å². The van der Waals surface area contributed by atoms with Crippen LogP contribution in [0.15, 0.2) is 128 Å². The van der Waals surface area contributed by atoms with Crippen LogP contribution in [0.1, 0.15) is 159 Å². The van der Waals surface area contributed by atoms with Crippen molar-refractivity contribution in [1.29, 1.82) is 0 Å². The number of aliphatic imine (C=N–C) groups is 1. The standard InChI is InChI=1S/C26H29N3O5S.C22H24N4O4S.C14H18IN3O4S.C8H7N.C2H3NO.CH3F/c1-4-24(32)15-21-7-5-20(6-8-21)9-10-22-16-23(17-28-25(22)27)26(33)29-35(34,13-11-18(2)30)14-12-19(3)31;1-15(27)9-11-31(30,12-10-16(2)28)26-22(29)19-13-18(21(24)25-14-19)6-3-17-4-7-20(23)8-5-17;1-9(19)3-5-23(22,6-4-10(2)20)18-14(21)11-7-12(15)13(16)17-8-11;1-2-7-3-5-8(9)6-4-7;1-3-2-4;1-2/h5-8,16-17H,4,11-15H2,1-3H3,(H2,27,28);4-5,7-8,13-14H,9-12,23H2,1-2H3,(H2,24,25);7-8H,3-6H2,1-2H3,(H2,16,17);1,3-6H,9H2;1H3;1H3/i;;;;;1D. The normalized spacial score (nSPS) is 10.3. The molecule has 3 aromatic heterocycles. The van der Waals surface area contributed by atoms with E-state index in [0.717, 1.165) is 16.8 Å². The van der Waals surface area contributed by atoms with Crippen molar-refractivity contribution in [2.45, 2.75) is 99.8 Å². The Morgan fingerprint density at radius 2 is 0.769 bits per heavy atom. The number of carbonyl (C=O) groups is 10. The Morgan fingerprint density at radius 1 is 0.490 bits per heavy atom. The number of carbonyl (C=O) groups excluding carboxylic acids is 11. The number of nitrogens with zero attached hydrogens (tertiary/aromatic N) is 7. The first-order chi connectivity index (χ1) is 49.4. The number of hydrogen-bond acceptors (Lipinski definition) is 23. The average molecular weight is 1600 g/mol. The quantitative estimate of drug-likeness (QED) is 0.0124. The van der Waals surface area contributed by atoms with E-state index in [9.17, 15) is 65.0 Å². The second kappa shape index (κ2) is 47.5. The molecule has 10 N–H and O–H groups in total. The molecular weight excluding hydrogens is 1510 g/mol. The number of terminal acetylenes is 1. The Bertz CT molecular complexity index is 4670. The minimum Gasteiger partial charge on any atom is -0.399 e. The van der Waals surface area contributed by atoms with Gasteiger partial charge in [-0.15, -0.1) is 6.42 Å². The SMILES string of the molecule is C#Cc1ccc(N)cc1.CC(=O)CCS(=O)(CCC(C)=O)=NC(=O)c1cnc(N)c(C#Cc2ccc(N)cc2)c1.CC(=O)CCS(=O)(CCC(C)=O)=NC(=O)c1cnc(N)c(I)c1.CCC(=O)Cc1ccc(C#Cc2cc(C(=O)N=S(=O)(CCC(C)=O)CCC(C)=O)cnc2N)cc1.CN=C=O.[2H]CF. The van der Waals surface area contributed by atoms with Crippen LogP contribution in [0.3, 0.4) is 0 Å². The lowest BCUT2D eigenvalue weighted by molar-refractivity contribution is -0.118. The van der Waals surface area contributed by atoms with Gasteiger partial charge in [0, 0.05) is 140 Å². The van der Waals surface area contributed by atoms with E-state index in [1.54, 1.807) is 48.5 Å². The average Bonchev–Trinajstić information content (AvgIpc) is 0.844. The van der Waals surface area contributed by atoms with E-state index in [1.165, 1.54) is 91.5 Å². The van der Waals surface area contributed by atoms with Gasteiger partial charge < -0.3 is 28.7 Å². The van der Waals surface area contributed by atoms with Crippen LogP contribution in [0.4, 0.5) is 33.2 Å². The van der Waals surface area contributed by atoms with Crippen molar-refractivity contribution in [3.05, 3.63) is 163 Å². The lowest BCUT2D eigenvalue weighted by Crippen LogP contribution is -2.17.